The van der Waals surface area contributed by atoms with E-state index >= 15 is 0 Å². The molecule has 0 fully saturated rings. The zero-order valence-electron chi connectivity index (χ0n) is 10.8. The molecule has 1 aromatic rings. The minimum atomic E-state index is -3.38. The van der Waals surface area contributed by atoms with Crippen LogP contribution in [0.3, 0.4) is 0 Å². The van der Waals surface area contributed by atoms with Crippen molar-refractivity contribution in [2.24, 2.45) is 0 Å². The molecule has 0 saturated heterocycles. The Morgan fingerprint density at radius 3 is 2.58 bits per heavy atom. The van der Waals surface area contributed by atoms with Crippen LogP contribution in [0.25, 0.3) is 0 Å². The summed E-state index contributed by atoms with van der Waals surface area (Å²) in [5.41, 5.74) is -1.24. The smallest absolute Gasteiger partial charge is 0.251 e. The molecule has 7 heteroatoms. The van der Waals surface area contributed by atoms with Crippen LogP contribution in [0.1, 0.15) is 17.3 Å². The van der Waals surface area contributed by atoms with E-state index in [9.17, 15) is 18.3 Å². The first-order valence-corrected chi connectivity index (χ1v) is 7.46. The van der Waals surface area contributed by atoms with Gasteiger partial charge in [-0.2, -0.15) is 0 Å². The first-order chi connectivity index (χ1) is 8.65. The number of benzene rings is 1. The third kappa shape index (κ3) is 4.62. The largest absolute Gasteiger partial charge is 0.393 e. The van der Waals surface area contributed by atoms with Crippen molar-refractivity contribution in [1.82, 2.24) is 5.32 Å². The molecule has 106 valence electrons. The number of sulfone groups is 1. The lowest BCUT2D eigenvalue weighted by Crippen LogP contribution is -2.43. The minimum Gasteiger partial charge on any atom is -0.393 e. The second-order valence-electron chi connectivity index (χ2n) is 4.64. The molecule has 19 heavy (non-hydrogen) atoms. The molecule has 0 spiro atoms. The van der Waals surface area contributed by atoms with E-state index < -0.39 is 28.0 Å². The first-order valence-electron chi connectivity index (χ1n) is 5.57. The molecule has 0 aliphatic rings. The summed E-state index contributed by atoms with van der Waals surface area (Å²) in [4.78, 5) is 11.8. The molecule has 1 aromatic carbocycles. The number of hydrogen-bond acceptors (Lipinski definition) is 5. The maximum atomic E-state index is 11.8. The molecule has 6 nitrogen and oxygen atoms in total. The van der Waals surface area contributed by atoms with Crippen LogP contribution >= 0.6 is 0 Å². The van der Waals surface area contributed by atoms with Gasteiger partial charge in [0.05, 0.1) is 11.5 Å². The van der Waals surface area contributed by atoms with Gasteiger partial charge in [0.15, 0.2) is 9.84 Å². The fourth-order valence-corrected chi connectivity index (χ4v) is 1.96. The molecule has 0 heterocycles. The van der Waals surface area contributed by atoms with E-state index in [0.29, 0.717) is 0 Å². The van der Waals surface area contributed by atoms with Gasteiger partial charge in [-0.05, 0) is 25.1 Å². The number of carbonyl (C=O) groups excluding carboxylic acids is 1. The number of amides is 1. The Balaban J connectivity index is 2.84. The molecule has 1 atom stereocenters. The van der Waals surface area contributed by atoms with Crippen LogP contribution in [0.4, 0.5) is 0 Å². The molecule has 1 amide bonds. The maximum absolute atomic E-state index is 11.8. The number of nitrogens with one attached hydrogen (secondary N) is 1. The van der Waals surface area contributed by atoms with Crippen LogP contribution in [-0.4, -0.2) is 49.5 Å². The summed E-state index contributed by atoms with van der Waals surface area (Å²) in [6, 6.07) is 5.60. The number of aliphatic hydroxyl groups is 2. The summed E-state index contributed by atoms with van der Waals surface area (Å²) in [6.45, 7) is 0.752. The maximum Gasteiger partial charge on any atom is 0.251 e. The van der Waals surface area contributed by atoms with Crippen molar-refractivity contribution in [3.63, 3.8) is 0 Å². The van der Waals surface area contributed by atoms with Crippen LogP contribution in [0.5, 0.6) is 0 Å². The van der Waals surface area contributed by atoms with Gasteiger partial charge in [0.1, 0.15) is 5.60 Å². The molecule has 0 aliphatic carbocycles. The van der Waals surface area contributed by atoms with Crippen molar-refractivity contribution in [2.45, 2.75) is 17.4 Å². The Morgan fingerprint density at radius 2 is 2.05 bits per heavy atom. The average molecular weight is 287 g/mol. The van der Waals surface area contributed by atoms with E-state index in [0.717, 1.165) is 6.26 Å². The lowest BCUT2D eigenvalue weighted by Gasteiger charge is -2.20. The molecule has 1 rings (SSSR count). The highest BCUT2D eigenvalue weighted by molar-refractivity contribution is 7.90. The molecular weight excluding hydrogens is 270 g/mol. The van der Waals surface area contributed by atoms with Crippen molar-refractivity contribution >= 4 is 15.7 Å². The van der Waals surface area contributed by atoms with E-state index in [2.05, 4.69) is 5.32 Å². The van der Waals surface area contributed by atoms with Crippen molar-refractivity contribution in [3.8, 4) is 0 Å². The van der Waals surface area contributed by atoms with Crippen molar-refractivity contribution in [3.05, 3.63) is 29.8 Å². The summed E-state index contributed by atoms with van der Waals surface area (Å²) in [7, 11) is -3.38. The summed E-state index contributed by atoms with van der Waals surface area (Å²) in [6.07, 6.45) is 1.06. The van der Waals surface area contributed by atoms with E-state index in [4.69, 9.17) is 5.11 Å². The van der Waals surface area contributed by atoms with Crippen LogP contribution in [0.2, 0.25) is 0 Å². The van der Waals surface area contributed by atoms with Gasteiger partial charge in [0.2, 0.25) is 0 Å². The topological polar surface area (TPSA) is 104 Å². The van der Waals surface area contributed by atoms with Crippen LogP contribution in [-0.2, 0) is 9.84 Å². The number of hydrogen-bond donors (Lipinski definition) is 3. The van der Waals surface area contributed by atoms with Crippen LogP contribution < -0.4 is 5.32 Å². The Bertz CT molecular complexity index is 565. The third-order valence-electron chi connectivity index (χ3n) is 2.49. The lowest BCUT2D eigenvalue weighted by atomic mass is 10.1. The van der Waals surface area contributed by atoms with Crippen molar-refractivity contribution < 1.29 is 23.4 Å². The van der Waals surface area contributed by atoms with Gasteiger partial charge in [-0.3, -0.25) is 4.79 Å². The Hall–Kier alpha value is -1.44. The molecule has 1 unspecified atom stereocenters. The van der Waals surface area contributed by atoms with E-state index in [1.807, 2.05) is 0 Å². The van der Waals surface area contributed by atoms with E-state index in [1.54, 1.807) is 0 Å². The quantitative estimate of drug-likeness (QED) is 0.681. The monoisotopic (exact) mass is 287 g/mol. The molecular formula is C12H17NO5S. The molecule has 0 saturated carbocycles. The summed E-state index contributed by atoms with van der Waals surface area (Å²) < 4.78 is 22.7. The highest BCUT2D eigenvalue weighted by Gasteiger charge is 2.20. The average Bonchev–Trinajstić information content (AvgIpc) is 2.35. The van der Waals surface area contributed by atoms with Gasteiger partial charge in [-0.15, -0.1) is 0 Å². The van der Waals surface area contributed by atoms with E-state index in [1.165, 1.54) is 31.2 Å². The highest BCUT2D eigenvalue weighted by atomic mass is 32.2. The number of aliphatic hydroxyl groups excluding tert-OH is 1. The Morgan fingerprint density at radius 1 is 1.42 bits per heavy atom. The zero-order valence-corrected chi connectivity index (χ0v) is 11.6. The fraction of sp³-hybridized carbons (Fsp3) is 0.417. The fourth-order valence-electron chi connectivity index (χ4n) is 1.30. The normalized spacial score (nSPS) is 14.7. The van der Waals surface area contributed by atoms with Gasteiger partial charge in [-0.1, -0.05) is 6.07 Å². The predicted octanol–water partition coefficient (Wildman–Crippen LogP) is -0.437. The van der Waals surface area contributed by atoms with Gasteiger partial charge < -0.3 is 15.5 Å². The van der Waals surface area contributed by atoms with Crippen molar-refractivity contribution in [2.75, 3.05) is 19.4 Å². The SMILES string of the molecule is CC(O)(CO)CNC(=O)c1cccc(S(C)(=O)=O)c1. The van der Waals surface area contributed by atoms with Gasteiger partial charge in [0, 0.05) is 18.4 Å². The van der Waals surface area contributed by atoms with Crippen LogP contribution in [0.15, 0.2) is 29.2 Å². The number of carbonyl (C=O) groups is 1. The van der Waals surface area contributed by atoms with Crippen molar-refractivity contribution in [1.29, 1.82) is 0 Å². The summed E-state index contributed by atoms with van der Waals surface area (Å²) >= 11 is 0. The third-order valence-corrected chi connectivity index (χ3v) is 3.61. The number of rotatable bonds is 5. The van der Waals surface area contributed by atoms with Gasteiger partial charge >= 0.3 is 0 Å². The van der Waals surface area contributed by atoms with Crippen LogP contribution in [0, 0.1) is 0 Å². The molecule has 3 N–H and O–H groups in total. The molecule has 0 aliphatic heterocycles. The molecule has 0 bridgehead atoms. The second kappa shape index (κ2) is 5.68. The van der Waals surface area contributed by atoms with Gasteiger partial charge in [0.25, 0.3) is 5.91 Å². The first kappa shape index (κ1) is 15.6. The van der Waals surface area contributed by atoms with Gasteiger partial charge in [-0.25, -0.2) is 8.42 Å². The second-order valence-corrected chi connectivity index (χ2v) is 6.65. The molecule has 0 aromatic heterocycles. The highest BCUT2D eigenvalue weighted by Crippen LogP contribution is 2.11. The zero-order chi connectivity index (χ0) is 14.7. The Labute approximate surface area is 112 Å². The standard InChI is InChI=1S/C12H17NO5S/c1-12(16,8-14)7-13-11(15)9-4-3-5-10(6-9)19(2,17)18/h3-6,14,16H,7-8H2,1-2H3,(H,13,15). The van der Waals surface area contributed by atoms with E-state index in [-0.39, 0.29) is 17.0 Å². The summed E-state index contributed by atoms with van der Waals surface area (Å²) in [5, 5.41) is 20.8. The molecule has 0 radical (unpaired) electrons. The minimum absolute atomic E-state index is 0.0501. The summed E-state index contributed by atoms with van der Waals surface area (Å²) in [5.74, 6) is -0.515. The Kier molecular flexibility index (Phi) is 4.67. The lowest BCUT2D eigenvalue weighted by molar-refractivity contribution is 0.00320. The predicted molar refractivity (Wildman–Crippen MR) is 69.6 cm³/mol.